The molecule has 0 radical (unpaired) electrons. The van der Waals surface area contributed by atoms with Gasteiger partial charge in [-0.2, -0.15) is 0 Å². The Labute approximate surface area is 123 Å². The Morgan fingerprint density at radius 2 is 1.71 bits per heavy atom. The first-order valence-electron chi connectivity index (χ1n) is 7.16. The van der Waals surface area contributed by atoms with Crippen LogP contribution in [0.1, 0.15) is 12.5 Å². The zero-order valence-electron chi connectivity index (χ0n) is 12.3. The third-order valence-corrected chi connectivity index (χ3v) is 3.64. The number of rotatable bonds is 3. The van der Waals surface area contributed by atoms with Crippen molar-refractivity contribution < 1.29 is 0 Å². The number of nitrogens with zero attached hydrogens (tertiary/aromatic N) is 1. The Bertz CT molecular complexity index is 813. The van der Waals surface area contributed by atoms with Crippen molar-refractivity contribution >= 4 is 0 Å². The molecule has 3 heteroatoms. The van der Waals surface area contributed by atoms with Gasteiger partial charge in [0.15, 0.2) is 0 Å². The highest BCUT2D eigenvalue weighted by atomic mass is 16.1. The monoisotopic (exact) mass is 278 g/mol. The first-order chi connectivity index (χ1) is 10.2. The van der Waals surface area contributed by atoms with Crippen molar-refractivity contribution in [3.63, 3.8) is 0 Å². The number of hydrogen-bond donors (Lipinski definition) is 1. The van der Waals surface area contributed by atoms with E-state index in [-0.39, 0.29) is 5.56 Å². The second kappa shape index (κ2) is 5.44. The van der Waals surface area contributed by atoms with Crippen LogP contribution < -0.4 is 5.56 Å². The van der Waals surface area contributed by atoms with Gasteiger partial charge < -0.3 is 0 Å². The van der Waals surface area contributed by atoms with Crippen LogP contribution in [0.5, 0.6) is 0 Å². The molecule has 2 aromatic carbocycles. The molecule has 3 rings (SSSR count). The Kier molecular flexibility index (Phi) is 3.48. The summed E-state index contributed by atoms with van der Waals surface area (Å²) in [5.41, 5.74) is 4.82. The lowest BCUT2D eigenvalue weighted by Gasteiger charge is -2.04. The number of hydrogen-bond acceptors (Lipinski definition) is 1. The summed E-state index contributed by atoms with van der Waals surface area (Å²) in [6.45, 7) is 4.65. The lowest BCUT2D eigenvalue weighted by Crippen LogP contribution is -2.16. The van der Waals surface area contributed by atoms with Crippen LogP contribution in [0.25, 0.3) is 22.4 Å². The molecule has 3 aromatic rings. The number of benzene rings is 2. The van der Waals surface area contributed by atoms with Gasteiger partial charge >= 0.3 is 0 Å². The second-order valence-corrected chi connectivity index (χ2v) is 5.15. The van der Waals surface area contributed by atoms with Crippen LogP contribution in [-0.2, 0) is 6.54 Å². The molecular formula is C18H18N2O. The van der Waals surface area contributed by atoms with Crippen LogP contribution in [0, 0.1) is 6.92 Å². The summed E-state index contributed by atoms with van der Waals surface area (Å²) in [5.74, 6) is 0. The Hall–Kier alpha value is -2.55. The average molecular weight is 278 g/mol. The molecule has 1 aromatic heterocycles. The van der Waals surface area contributed by atoms with Gasteiger partial charge in [-0.05, 0) is 25.5 Å². The first kappa shape index (κ1) is 13.4. The Morgan fingerprint density at radius 3 is 2.38 bits per heavy atom. The van der Waals surface area contributed by atoms with E-state index in [1.54, 1.807) is 4.68 Å². The zero-order chi connectivity index (χ0) is 14.8. The van der Waals surface area contributed by atoms with E-state index >= 15 is 0 Å². The summed E-state index contributed by atoms with van der Waals surface area (Å²) < 4.78 is 1.65. The molecule has 0 fully saturated rings. The summed E-state index contributed by atoms with van der Waals surface area (Å²) >= 11 is 0. The maximum Gasteiger partial charge on any atom is 0.274 e. The van der Waals surface area contributed by atoms with Crippen LogP contribution in [0.3, 0.4) is 0 Å². The van der Waals surface area contributed by atoms with E-state index < -0.39 is 0 Å². The van der Waals surface area contributed by atoms with Crippen LogP contribution in [0.15, 0.2) is 59.4 Å². The molecular weight excluding hydrogens is 260 g/mol. The topological polar surface area (TPSA) is 37.8 Å². The minimum atomic E-state index is 0.0280. The lowest BCUT2D eigenvalue weighted by molar-refractivity contribution is 0.640. The molecule has 0 unspecified atom stereocenters. The number of aromatic nitrogens is 2. The molecule has 1 heterocycles. The average Bonchev–Trinajstić information content (AvgIpc) is 2.85. The minimum Gasteiger partial charge on any atom is -0.294 e. The Morgan fingerprint density at radius 1 is 1.00 bits per heavy atom. The van der Waals surface area contributed by atoms with Gasteiger partial charge in [0.1, 0.15) is 0 Å². The number of nitrogens with one attached hydrogen (secondary N) is 1. The van der Waals surface area contributed by atoms with E-state index in [1.165, 1.54) is 5.56 Å². The molecule has 0 bridgehead atoms. The van der Waals surface area contributed by atoms with Crippen LogP contribution in [0.2, 0.25) is 0 Å². The highest BCUT2D eigenvalue weighted by Crippen LogP contribution is 2.28. The minimum absolute atomic E-state index is 0.0280. The fourth-order valence-corrected chi connectivity index (χ4v) is 2.59. The van der Waals surface area contributed by atoms with Gasteiger partial charge in [0.2, 0.25) is 0 Å². The molecule has 106 valence electrons. The van der Waals surface area contributed by atoms with Gasteiger partial charge in [0, 0.05) is 12.1 Å². The SMILES string of the molecule is CCn1[nH]c(-c2cccc(C)c2)c(-c2ccccc2)c1=O. The van der Waals surface area contributed by atoms with Crippen molar-refractivity contribution in [2.24, 2.45) is 0 Å². The molecule has 3 nitrogen and oxygen atoms in total. The molecule has 0 atom stereocenters. The summed E-state index contributed by atoms with van der Waals surface area (Å²) in [4.78, 5) is 12.6. The van der Waals surface area contributed by atoms with E-state index in [1.807, 2.05) is 49.4 Å². The molecule has 0 aliphatic rings. The Balaban J connectivity index is 2.28. The number of aromatic amines is 1. The molecule has 1 N–H and O–H groups in total. The van der Waals surface area contributed by atoms with Gasteiger partial charge in [-0.1, -0.05) is 54.1 Å². The predicted molar refractivity (Wildman–Crippen MR) is 86.3 cm³/mol. The maximum absolute atomic E-state index is 12.6. The van der Waals surface area contributed by atoms with Gasteiger partial charge in [-0.25, -0.2) is 0 Å². The van der Waals surface area contributed by atoms with Gasteiger partial charge in [0.25, 0.3) is 5.56 Å². The van der Waals surface area contributed by atoms with Crippen molar-refractivity contribution in [1.82, 2.24) is 9.78 Å². The van der Waals surface area contributed by atoms with Crippen LogP contribution in [0.4, 0.5) is 0 Å². The molecule has 0 spiro atoms. The molecule has 21 heavy (non-hydrogen) atoms. The largest absolute Gasteiger partial charge is 0.294 e. The lowest BCUT2D eigenvalue weighted by atomic mass is 10.0. The normalized spacial score (nSPS) is 10.8. The highest BCUT2D eigenvalue weighted by Gasteiger charge is 2.16. The van der Waals surface area contributed by atoms with Crippen molar-refractivity contribution in [1.29, 1.82) is 0 Å². The molecule has 0 aliphatic carbocycles. The van der Waals surface area contributed by atoms with Crippen molar-refractivity contribution in [2.75, 3.05) is 0 Å². The quantitative estimate of drug-likeness (QED) is 0.776. The third-order valence-electron chi connectivity index (χ3n) is 3.64. The zero-order valence-corrected chi connectivity index (χ0v) is 12.3. The summed E-state index contributed by atoms with van der Waals surface area (Å²) in [5, 5.41) is 3.25. The number of H-pyrrole nitrogens is 1. The second-order valence-electron chi connectivity index (χ2n) is 5.15. The van der Waals surface area contributed by atoms with Gasteiger partial charge in [-0.15, -0.1) is 0 Å². The van der Waals surface area contributed by atoms with E-state index in [2.05, 4.69) is 24.2 Å². The molecule has 0 saturated carbocycles. The summed E-state index contributed by atoms with van der Waals surface area (Å²) in [6.07, 6.45) is 0. The van der Waals surface area contributed by atoms with Crippen LogP contribution >= 0.6 is 0 Å². The predicted octanol–water partition coefficient (Wildman–Crippen LogP) is 3.84. The third kappa shape index (κ3) is 2.42. The molecule has 0 amide bonds. The van der Waals surface area contributed by atoms with Crippen molar-refractivity contribution in [3.8, 4) is 22.4 Å². The number of aryl methyl sites for hydroxylation is 2. The van der Waals surface area contributed by atoms with E-state index in [9.17, 15) is 4.79 Å². The van der Waals surface area contributed by atoms with Crippen molar-refractivity contribution in [3.05, 3.63) is 70.5 Å². The molecule has 0 saturated heterocycles. The van der Waals surface area contributed by atoms with E-state index in [4.69, 9.17) is 0 Å². The van der Waals surface area contributed by atoms with Gasteiger partial charge in [0.05, 0.1) is 11.3 Å². The van der Waals surface area contributed by atoms with Gasteiger partial charge in [-0.3, -0.25) is 14.6 Å². The first-order valence-corrected chi connectivity index (χ1v) is 7.16. The van der Waals surface area contributed by atoms with Crippen molar-refractivity contribution in [2.45, 2.75) is 20.4 Å². The molecule has 0 aliphatic heterocycles. The standard InChI is InChI=1S/C18H18N2O/c1-3-20-18(21)16(14-9-5-4-6-10-14)17(19-20)15-11-7-8-13(2)12-15/h4-12,19H,3H2,1-2H3. The smallest absolute Gasteiger partial charge is 0.274 e. The fourth-order valence-electron chi connectivity index (χ4n) is 2.59. The summed E-state index contributed by atoms with van der Waals surface area (Å²) in [6, 6.07) is 18.0. The summed E-state index contributed by atoms with van der Waals surface area (Å²) in [7, 11) is 0. The highest BCUT2D eigenvalue weighted by molar-refractivity contribution is 5.80. The van der Waals surface area contributed by atoms with E-state index in [0.717, 1.165) is 22.4 Å². The van der Waals surface area contributed by atoms with Crippen LogP contribution in [-0.4, -0.2) is 9.78 Å². The van der Waals surface area contributed by atoms with E-state index in [0.29, 0.717) is 6.54 Å². The fraction of sp³-hybridized carbons (Fsp3) is 0.167. The maximum atomic E-state index is 12.6.